The van der Waals surface area contributed by atoms with Gasteiger partial charge in [0, 0.05) is 43.4 Å². The summed E-state index contributed by atoms with van der Waals surface area (Å²) in [7, 11) is 3.58. The lowest BCUT2D eigenvalue weighted by molar-refractivity contribution is -0.132. The first-order valence-corrected chi connectivity index (χ1v) is 18.0. The number of hydrogen-bond donors (Lipinski definition) is 3. The fraction of sp³-hybridized carbons (Fsp3) is 0.209. The molecule has 54 heavy (non-hydrogen) atoms. The van der Waals surface area contributed by atoms with Crippen molar-refractivity contribution in [3.8, 4) is 5.75 Å². The average Bonchev–Trinajstić information content (AvgIpc) is 3.17. The first kappa shape index (κ1) is 37.3. The number of hydrogen-bond acceptors (Lipinski definition) is 7. The fourth-order valence-electron chi connectivity index (χ4n) is 6.29. The number of quaternary nitrogens is 1. The fourth-order valence-corrected chi connectivity index (χ4v) is 6.29. The third kappa shape index (κ3) is 9.50. The summed E-state index contributed by atoms with van der Waals surface area (Å²) in [6.45, 7) is 1.54. The van der Waals surface area contributed by atoms with Gasteiger partial charge in [-0.25, -0.2) is 19.1 Å². The van der Waals surface area contributed by atoms with Gasteiger partial charge >= 0.3 is 11.9 Å². The molecule has 0 unspecified atom stereocenters. The van der Waals surface area contributed by atoms with Gasteiger partial charge in [-0.15, -0.1) is 0 Å². The van der Waals surface area contributed by atoms with Gasteiger partial charge in [0.15, 0.2) is 5.69 Å². The quantitative estimate of drug-likeness (QED) is 0.0677. The number of carbonyl (C=O) groups excluding carboxylic acids is 3. The normalized spacial score (nSPS) is 12.3. The molecule has 4 amide bonds. The number of fused-ring (bicyclic) bond motifs is 1. The van der Waals surface area contributed by atoms with E-state index in [9.17, 15) is 14.4 Å². The highest BCUT2D eigenvalue weighted by Gasteiger charge is 2.35. The van der Waals surface area contributed by atoms with Crippen molar-refractivity contribution in [2.45, 2.75) is 32.5 Å². The van der Waals surface area contributed by atoms with Crippen LogP contribution in [0.15, 0.2) is 138 Å². The van der Waals surface area contributed by atoms with E-state index in [-0.39, 0.29) is 35.4 Å². The summed E-state index contributed by atoms with van der Waals surface area (Å²) >= 11 is 0. The van der Waals surface area contributed by atoms with E-state index < -0.39 is 6.03 Å². The van der Waals surface area contributed by atoms with Crippen molar-refractivity contribution in [1.82, 2.24) is 19.6 Å². The first-order chi connectivity index (χ1) is 26.2. The summed E-state index contributed by atoms with van der Waals surface area (Å²) < 4.78 is 6.15. The van der Waals surface area contributed by atoms with Crippen molar-refractivity contribution >= 4 is 46.6 Å². The molecule has 0 fully saturated rings. The lowest BCUT2D eigenvalue weighted by Crippen LogP contribution is -2.55. The number of ether oxygens (including phenoxy) is 1. The Labute approximate surface area is 316 Å². The van der Waals surface area contributed by atoms with E-state index in [4.69, 9.17) is 15.5 Å². The zero-order valence-electron chi connectivity index (χ0n) is 30.7. The van der Waals surface area contributed by atoms with Gasteiger partial charge in [0.2, 0.25) is 11.9 Å². The van der Waals surface area contributed by atoms with E-state index in [1.165, 1.54) is 0 Å². The molecule has 11 heteroatoms. The molecule has 0 atom stereocenters. The zero-order valence-corrected chi connectivity index (χ0v) is 30.7. The van der Waals surface area contributed by atoms with Crippen molar-refractivity contribution < 1.29 is 19.1 Å². The summed E-state index contributed by atoms with van der Waals surface area (Å²) in [4.78, 5) is 49.1. The van der Waals surface area contributed by atoms with E-state index in [1.807, 2.05) is 120 Å². The van der Waals surface area contributed by atoms with E-state index in [0.717, 1.165) is 16.7 Å². The summed E-state index contributed by atoms with van der Waals surface area (Å²) in [5.41, 5.74) is 11.6. The molecule has 5 aromatic rings. The lowest BCUT2D eigenvalue weighted by atomic mass is 10.1. The monoisotopic (exact) mass is 724 g/mol. The Bertz CT molecular complexity index is 2050. The number of urea groups is 1. The minimum atomic E-state index is -0.505. The Kier molecular flexibility index (Phi) is 12.0. The molecular formula is C43H46N7O4+. The van der Waals surface area contributed by atoms with Crippen LogP contribution in [0.4, 0.5) is 27.5 Å². The third-order valence-corrected chi connectivity index (χ3v) is 9.28. The Morgan fingerprint density at radius 1 is 0.778 bits per heavy atom. The van der Waals surface area contributed by atoms with Crippen LogP contribution in [0.2, 0.25) is 0 Å². The smallest absolute Gasteiger partial charge is 0.337 e. The van der Waals surface area contributed by atoms with Crippen LogP contribution in [0, 0.1) is 0 Å². The van der Waals surface area contributed by atoms with Crippen molar-refractivity contribution in [3.05, 3.63) is 150 Å². The van der Waals surface area contributed by atoms with Crippen LogP contribution in [0.25, 0.3) is 0 Å². The van der Waals surface area contributed by atoms with Gasteiger partial charge in [-0.05, 0) is 41.8 Å². The standard InChI is InChI=1S/C43H45N7O4/c1-50(2,37-24-13-12-23-36(37)44)40(52)31-49-30-34-20-14-25-38(41(34)46-42(49)47-43(53)45-35-21-10-5-11-22-35)54-27-15-26-39(51)48(28-32-16-6-3-7-17-32)29-33-18-8-4-9-19-33/h3-14,16-25H,15,26-31,44H2,1-2H3,(H-,45,46,47,53)/p+1. The molecule has 0 bridgehead atoms. The Balaban J connectivity index is 1.16. The van der Waals surface area contributed by atoms with Crippen LogP contribution in [0.1, 0.15) is 29.5 Å². The van der Waals surface area contributed by atoms with Crippen LogP contribution < -0.4 is 25.6 Å². The SMILES string of the molecule is C[N+](C)(C(=O)CN1Cc2cccc(OCCCC(=O)N(Cc3ccccc3)Cc3ccccc3)c2N=C1NC(=O)Nc1ccccc1)c1ccccc1N. The summed E-state index contributed by atoms with van der Waals surface area (Å²) in [6.07, 6.45) is 0.799. The average molecular weight is 725 g/mol. The molecular weight excluding hydrogens is 679 g/mol. The molecule has 0 aromatic heterocycles. The zero-order chi connectivity index (χ0) is 37.9. The molecule has 0 saturated carbocycles. The second-order valence-electron chi connectivity index (χ2n) is 13.6. The molecule has 0 aliphatic carbocycles. The number of likely N-dealkylation sites (N-methyl/N-ethyl adjacent to an activating group) is 1. The van der Waals surface area contributed by atoms with Gasteiger partial charge in [0.25, 0.3) is 0 Å². The minimum absolute atomic E-state index is 0.0363. The largest absolute Gasteiger partial charge is 0.491 e. The lowest BCUT2D eigenvalue weighted by Gasteiger charge is -2.33. The number of nitrogens with zero attached hydrogens (tertiary/aromatic N) is 4. The van der Waals surface area contributed by atoms with Gasteiger partial charge in [-0.2, -0.15) is 0 Å². The predicted molar refractivity (Wildman–Crippen MR) is 214 cm³/mol. The van der Waals surface area contributed by atoms with Gasteiger partial charge in [-0.1, -0.05) is 103 Å². The number of guanidine groups is 1. The van der Waals surface area contributed by atoms with Crippen molar-refractivity contribution in [1.29, 1.82) is 0 Å². The van der Waals surface area contributed by atoms with Gasteiger partial charge in [-0.3, -0.25) is 10.1 Å². The maximum absolute atomic E-state index is 13.9. The number of carbonyl (C=O) groups is 3. The molecule has 0 spiro atoms. The van der Waals surface area contributed by atoms with E-state index in [1.54, 1.807) is 37.2 Å². The number of para-hydroxylation sites is 4. The highest BCUT2D eigenvalue weighted by Crippen LogP contribution is 2.36. The topological polar surface area (TPSA) is 129 Å². The van der Waals surface area contributed by atoms with Crippen LogP contribution in [0.3, 0.4) is 0 Å². The van der Waals surface area contributed by atoms with E-state index in [2.05, 4.69) is 10.6 Å². The molecule has 1 aliphatic heterocycles. The first-order valence-electron chi connectivity index (χ1n) is 18.0. The second-order valence-corrected chi connectivity index (χ2v) is 13.6. The molecule has 276 valence electrons. The predicted octanol–water partition coefficient (Wildman–Crippen LogP) is 7.08. The maximum Gasteiger partial charge on any atom is 0.337 e. The molecule has 4 N–H and O–H groups in total. The van der Waals surface area contributed by atoms with Crippen LogP contribution in [0.5, 0.6) is 5.75 Å². The number of anilines is 2. The molecule has 5 aromatic carbocycles. The molecule has 0 radical (unpaired) electrons. The maximum atomic E-state index is 13.9. The molecule has 6 rings (SSSR count). The van der Waals surface area contributed by atoms with Crippen LogP contribution >= 0.6 is 0 Å². The number of amides is 4. The number of nitrogen functional groups attached to an aromatic ring is 1. The van der Waals surface area contributed by atoms with E-state index in [0.29, 0.717) is 61.0 Å². The summed E-state index contributed by atoms with van der Waals surface area (Å²) in [6, 6.07) is 41.4. The van der Waals surface area contributed by atoms with Crippen molar-refractivity contribution in [3.63, 3.8) is 0 Å². The molecule has 11 nitrogen and oxygen atoms in total. The molecule has 1 heterocycles. The number of benzene rings is 5. The van der Waals surface area contributed by atoms with E-state index >= 15 is 0 Å². The molecule has 0 saturated heterocycles. The van der Waals surface area contributed by atoms with Gasteiger partial charge < -0.3 is 25.6 Å². The highest BCUT2D eigenvalue weighted by molar-refractivity contribution is 6.05. The van der Waals surface area contributed by atoms with Gasteiger partial charge in [0.05, 0.1) is 26.4 Å². The highest BCUT2D eigenvalue weighted by atomic mass is 16.5. The van der Waals surface area contributed by atoms with Crippen molar-refractivity contribution in [2.24, 2.45) is 4.99 Å². The Morgan fingerprint density at radius 2 is 1.39 bits per heavy atom. The van der Waals surface area contributed by atoms with Crippen LogP contribution in [-0.4, -0.2) is 60.9 Å². The number of nitrogens with two attached hydrogens (primary N) is 1. The number of rotatable bonds is 13. The van der Waals surface area contributed by atoms with Crippen LogP contribution in [-0.2, 0) is 29.2 Å². The number of aliphatic imine (C=N–C) groups is 1. The Hall–Kier alpha value is -6.46. The molecule has 1 aliphatic rings. The van der Waals surface area contributed by atoms with Gasteiger partial charge in [0.1, 0.15) is 18.0 Å². The minimum Gasteiger partial charge on any atom is -0.491 e. The second kappa shape index (κ2) is 17.4. The number of nitrogens with one attached hydrogen (secondary N) is 2. The summed E-state index contributed by atoms with van der Waals surface area (Å²) in [5.74, 6) is 0.607. The van der Waals surface area contributed by atoms with Crippen molar-refractivity contribution in [2.75, 3.05) is 38.3 Å². The Morgan fingerprint density at radius 3 is 2.04 bits per heavy atom. The summed E-state index contributed by atoms with van der Waals surface area (Å²) in [5, 5.41) is 5.69. The third-order valence-electron chi connectivity index (χ3n) is 9.28.